The summed E-state index contributed by atoms with van der Waals surface area (Å²) in [5.41, 5.74) is -0.278. The fourth-order valence-electron chi connectivity index (χ4n) is 4.36. The number of likely N-dealkylation sites (tertiary alicyclic amines) is 1. The van der Waals surface area contributed by atoms with E-state index in [1.54, 1.807) is 12.1 Å². The largest absolute Gasteiger partial charge is 0.508 e. The molecule has 0 bridgehead atoms. The number of carbonyl (C=O) groups is 3. The summed E-state index contributed by atoms with van der Waals surface area (Å²) in [5, 5.41) is 12.2. The molecule has 2 aromatic carbocycles. The number of ketones is 1. The molecule has 2 fully saturated rings. The molecular weight excluding hydrogens is 453 g/mol. The third-order valence-corrected chi connectivity index (χ3v) is 6.08. The van der Waals surface area contributed by atoms with E-state index < -0.39 is 35.6 Å². The van der Waals surface area contributed by atoms with E-state index in [1.807, 2.05) is 0 Å². The highest BCUT2D eigenvalue weighted by Gasteiger charge is 2.45. The van der Waals surface area contributed by atoms with Gasteiger partial charge in [0, 0.05) is 18.5 Å². The van der Waals surface area contributed by atoms with Gasteiger partial charge in [-0.15, -0.1) is 0 Å². The molecule has 2 saturated heterocycles. The van der Waals surface area contributed by atoms with Crippen molar-refractivity contribution in [1.82, 2.24) is 10.2 Å². The van der Waals surface area contributed by atoms with E-state index in [0.29, 0.717) is 24.9 Å². The molecule has 0 radical (unpaired) electrons. The Morgan fingerprint density at radius 2 is 1.79 bits per heavy atom. The lowest BCUT2D eigenvalue weighted by Crippen LogP contribution is -2.58. The number of phenols is 1. The van der Waals surface area contributed by atoms with Crippen LogP contribution in [0.4, 0.5) is 13.2 Å². The maximum atomic E-state index is 13.5. The van der Waals surface area contributed by atoms with Crippen LogP contribution in [-0.4, -0.2) is 58.9 Å². The molecule has 3 atom stereocenters. The number of fused-ring (bicyclic) bond motifs is 1. The smallest absolute Gasteiger partial charge is 0.416 e. The van der Waals surface area contributed by atoms with Crippen molar-refractivity contribution < 1.29 is 37.4 Å². The Hall–Kier alpha value is -3.40. The first-order chi connectivity index (χ1) is 16.1. The number of carbonyl (C=O) groups excluding carboxylic acids is 3. The van der Waals surface area contributed by atoms with Gasteiger partial charge >= 0.3 is 6.18 Å². The van der Waals surface area contributed by atoms with Crippen molar-refractivity contribution in [3.05, 3.63) is 65.2 Å². The summed E-state index contributed by atoms with van der Waals surface area (Å²) in [6.07, 6.45) is -3.56. The molecule has 4 rings (SSSR count). The number of aromatic hydroxyl groups is 1. The summed E-state index contributed by atoms with van der Waals surface area (Å²) in [6, 6.07) is 7.99. The summed E-state index contributed by atoms with van der Waals surface area (Å²) < 4.78 is 44.0. The standard InChI is InChI=1S/C24H23F3N2O5/c25-24(26,27)16-7-5-15(6-8-16)22(32)28-18(12-14-3-9-17(30)10-4-14)23(33)29-11-1-2-20-21(29)19(31)13-34-20/h3-10,18,20-21,30H,1-2,11-13H2,(H,28,32). The van der Waals surface area contributed by atoms with E-state index in [2.05, 4.69) is 5.32 Å². The van der Waals surface area contributed by atoms with Crippen LogP contribution in [0.1, 0.15) is 34.3 Å². The van der Waals surface area contributed by atoms with Gasteiger partial charge in [-0.1, -0.05) is 12.1 Å². The fourth-order valence-corrected chi connectivity index (χ4v) is 4.36. The molecule has 0 aromatic heterocycles. The van der Waals surface area contributed by atoms with Crippen molar-refractivity contribution in [1.29, 1.82) is 0 Å². The third-order valence-electron chi connectivity index (χ3n) is 6.08. The molecule has 0 saturated carbocycles. The zero-order valence-corrected chi connectivity index (χ0v) is 18.0. The van der Waals surface area contributed by atoms with Crippen molar-refractivity contribution in [2.75, 3.05) is 13.2 Å². The van der Waals surface area contributed by atoms with Gasteiger partial charge in [-0.25, -0.2) is 0 Å². The minimum atomic E-state index is -4.53. The van der Waals surface area contributed by atoms with E-state index >= 15 is 0 Å². The van der Waals surface area contributed by atoms with Gasteiger partial charge in [0.25, 0.3) is 5.91 Å². The number of ether oxygens (including phenoxy) is 1. The van der Waals surface area contributed by atoms with Gasteiger partial charge in [-0.3, -0.25) is 14.4 Å². The topological polar surface area (TPSA) is 95.9 Å². The molecule has 2 N–H and O–H groups in total. The van der Waals surface area contributed by atoms with E-state index in [0.717, 1.165) is 24.3 Å². The van der Waals surface area contributed by atoms with Gasteiger partial charge in [0.05, 0.1) is 11.7 Å². The second-order valence-electron chi connectivity index (χ2n) is 8.41. The molecule has 2 aromatic rings. The highest BCUT2D eigenvalue weighted by Crippen LogP contribution is 2.29. The highest BCUT2D eigenvalue weighted by atomic mass is 19.4. The molecule has 34 heavy (non-hydrogen) atoms. The Morgan fingerprint density at radius 1 is 1.12 bits per heavy atom. The molecule has 180 valence electrons. The maximum absolute atomic E-state index is 13.5. The Kier molecular flexibility index (Phi) is 6.60. The SMILES string of the molecule is O=C(NC(Cc1ccc(O)cc1)C(=O)N1CCCC2OCC(=O)C21)c1ccc(C(F)(F)F)cc1. The highest BCUT2D eigenvalue weighted by molar-refractivity contribution is 5.99. The van der Waals surface area contributed by atoms with E-state index in [1.165, 1.54) is 17.0 Å². The van der Waals surface area contributed by atoms with Crippen molar-refractivity contribution >= 4 is 17.6 Å². The van der Waals surface area contributed by atoms with Crippen LogP contribution in [0.2, 0.25) is 0 Å². The van der Waals surface area contributed by atoms with Crippen LogP contribution in [0.25, 0.3) is 0 Å². The van der Waals surface area contributed by atoms with Crippen LogP contribution in [-0.2, 0) is 26.9 Å². The maximum Gasteiger partial charge on any atom is 0.416 e. The van der Waals surface area contributed by atoms with Crippen LogP contribution in [0, 0.1) is 0 Å². The summed E-state index contributed by atoms with van der Waals surface area (Å²) in [4.78, 5) is 40.2. The number of nitrogens with zero attached hydrogens (tertiary/aromatic N) is 1. The number of rotatable bonds is 5. The normalized spacial score (nSPS) is 21.1. The molecule has 0 aliphatic carbocycles. The number of Topliss-reactive ketones (excluding diaryl/α,β-unsaturated/α-hetero) is 1. The predicted octanol–water partition coefficient (Wildman–Crippen LogP) is 2.71. The molecule has 2 aliphatic heterocycles. The van der Waals surface area contributed by atoms with Gasteiger partial charge in [0.1, 0.15) is 24.4 Å². The van der Waals surface area contributed by atoms with Gasteiger partial charge < -0.3 is 20.1 Å². The van der Waals surface area contributed by atoms with Crippen molar-refractivity contribution in [3.8, 4) is 5.75 Å². The number of benzene rings is 2. The molecule has 3 unspecified atom stereocenters. The molecule has 10 heteroatoms. The average molecular weight is 476 g/mol. The first kappa shape index (κ1) is 23.7. The second kappa shape index (κ2) is 9.46. The average Bonchev–Trinajstić information content (AvgIpc) is 3.20. The number of hydrogen-bond donors (Lipinski definition) is 2. The van der Waals surface area contributed by atoms with E-state index in [4.69, 9.17) is 4.74 Å². The predicted molar refractivity (Wildman–Crippen MR) is 114 cm³/mol. The Morgan fingerprint density at radius 3 is 2.44 bits per heavy atom. The first-order valence-corrected chi connectivity index (χ1v) is 10.8. The Bertz CT molecular complexity index is 1070. The van der Waals surface area contributed by atoms with Crippen molar-refractivity contribution in [3.63, 3.8) is 0 Å². The zero-order valence-electron chi connectivity index (χ0n) is 18.0. The number of halogens is 3. The fraction of sp³-hybridized carbons (Fsp3) is 0.375. The summed E-state index contributed by atoms with van der Waals surface area (Å²) in [5.74, 6) is -1.35. The quantitative estimate of drug-likeness (QED) is 0.692. The number of piperidine rings is 1. The third kappa shape index (κ3) is 5.06. The van der Waals surface area contributed by atoms with Crippen LogP contribution in [0.15, 0.2) is 48.5 Å². The van der Waals surface area contributed by atoms with E-state index in [9.17, 15) is 32.7 Å². The monoisotopic (exact) mass is 476 g/mol. The van der Waals surface area contributed by atoms with Gasteiger partial charge in [-0.05, 0) is 54.8 Å². The lowest BCUT2D eigenvalue weighted by atomic mass is 9.95. The molecule has 0 spiro atoms. The lowest BCUT2D eigenvalue weighted by molar-refractivity contribution is -0.142. The van der Waals surface area contributed by atoms with Gasteiger partial charge in [0.2, 0.25) is 5.91 Å². The van der Waals surface area contributed by atoms with Crippen LogP contribution in [0.5, 0.6) is 5.75 Å². The summed E-state index contributed by atoms with van der Waals surface area (Å²) >= 11 is 0. The number of amides is 2. The Labute approximate surface area is 193 Å². The van der Waals surface area contributed by atoms with Gasteiger partial charge in [0.15, 0.2) is 5.78 Å². The van der Waals surface area contributed by atoms with Crippen LogP contribution in [0.3, 0.4) is 0 Å². The number of nitrogens with one attached hydrogen (secondary N) is 1. The second-order valence-corrected chi connectivity index (χ2v) is 8.41. The molecule has 2 heterocycles. The molecule has 2 amide bonds. The molecular formula is C24H23F3N2O5. The number of phenolic OH excluding ortho intramolecular Hbond substituents is 1. The number of alkyl halides is 3. The minimum absolute atomic E-state index is 0.0340. The number of hydrogen-bond acceptors (Lipinski definition) is 5. The van der Waals surface area contributed by atoms with Crippen molar-refractivity contribution in [2.45, 2.75) is 43.6 Å². The minimum Gasteiger partial charge on any atom is -0.508 e. The van der Waals surface area contributed by atoms with Gasteiger partial charge in [-0.2, -0.15) is 13.2 Å². The van der Waals surface area contributed by atoms with Crippen LogP contribution < -0.4 is 5.32 Å². The first-order valence-electron chi connectivity index (χ1n) is 10.8. The summed E-state index contributed by atoms with van der Waals surface area (Å²) in [7, 11) is 0. The Balaban J connectivity index is 1.57. The molecule has 2 aliphatic rings. The van der Waals surface area contributed by atoms with E-state index in [-0.39, 0.29) is 36.2 Å². The summed E-state index contributed by atoms with van der Waals surface area (Å²) in [6.45, 7) is 0.261. The zero-order chi connectivity index (χ0) is 24.5. The lowest BCUT2D eigenvalue weighted by Gasteiger charge is -2.37. The molecule has 7 nitrogen and oxygen atoms in total. The van der Waals surface area contributed by atoms with Crippen molar-refractivity contribution in [2.24, 2.45) is 0 Å². The van der Waals surface area contributed by atoms with Crippen LogP contribution >= 0.6 is 0 Å².